The molecule has 7 nitrogen and oxygen atoms in total. The number of rotatable bonds is 7. The van der Waals surface area contributed by atoms with Crippen LogP contribution in [0, 0.1) is 5.82 Å². The molecule has 0 aliphatic carbocycles. The van der Waals surface area contributed by atoms with E-state index in [1.165, 1.54) is 6.20 Å². The summed E-state index contributed by atoms with van der Waals surface area (Å²) in [5.74, 6) is 1.90. The van der Waals surface area contributed by atoms with Gasteiger partial charge in [0.25, 0.3) is 0 Å². The second kappa shape index (κ2) is 8.24. The monoisotopic (exact) mass is 348 g/mol. The summed E-state index contributed by atoms with van der Waals surface area (Å²) in [6, 6.07) is 0. The molecular formula is C17H25FN6O. The maximum absolute atomic E-state index is 14.0. The molecule has 3 rings (SSSR count). The predicted molar refractivity (Wildman–Crippen MR) is 94.4 cm³/mol. The van der Waals surface area contributed by atoms with Crippen molar-refractivity contribution in [1.29, 1.82) is 0 Å². The van der Waals surface area contributed by atoms with E-state index in [1.54, 1.807) is 0 Å². The average molecular weight is 348 g/mol. The highest BCUT2D eigenvalue weighted by Gasteiger charge is 2.17. The number of aryl methyl sites for hydroxylation is 1. The van der Waals surface area contributed by atoms with Crippen LogP contribution < -0.4 is 10.2 Å². The van der Waals surface area contributed by atoms with Gasteiger partial charge in [-0.05, 0) is 6.42 Å². The van der Waals surface area contributed by atoms with Gasteiger partial charge < -0.3 is 19.5 Å². The van der Waals surface area contributed by atoms with Crippen LogP contribution in [0.3, 0.4) is 0 Å². The molecule has 0 amide bonds. The Labute approximate surface area is 147 Å². The maximum atomic E-state index is 14.0. The molecule has 136 valence electrons. The minimum absolute atomic E-state index is 0.345. The van der Waals surface area contributed by atoms with Crippen molar-refractivity contribution in [2.45, 2.75) is 32.7 Å². The van der Waals surface area contributed by atoms with E-state index in [2.05, 4.69) is 38.7 Å². The lowest BCUT2D eigenvalue weighted by atomic mass is 10.2. The van der Waals surface area contributed by atoms with Gasteiger partial charge in [0.05, 0.1) is 19.4 Å². The van der Waals surface area contributed by atoms with Crippen molar-refractivity contribution in [3.63, 3.8) is 0 Å². The number of nitrogens with zero attached hydrogens (tertiary/aromatic N) is 5. The van der Waals surface area contributed by atoms with Gasteiger partial charge in [-0.25, -0.2) is 14.4 Å². The van der Waals surface area contributed by atoms with Crippen LogP contribution in [0.25, 0.3) is 0 Å². The molecule has 2 aromatic heterocycles. The molecule has 0 atom stereocenters. The number of nitrogens with one attached hydrogen (secondary N) is 1. The van der Waals surface area contributed by atoms with E-state index in [9.17, 15) is 4.39 Å². The number of hydrogen-bond acceptors (Lipinski definition) is 6. The molecule has 0 radical (unpaired) electrons. The molecule has 8 heteroatoms. The number of hydrogen-bond donors (Lipinski definition) is 1. The minimum atomic E-state index is -0.396. The summed E-state index contributed by atoms with van der Waals surface area (Å²) in [6.45, 7) is 8.33. The first kappa shape index (κ1) is 17.6. The average Bonchev–Trinajstić information content (AvgIpc) is 3.09. The molecule has 1 aliphatic heterocycles. The van der Waals surface area contributed by atoms with Crippen molar-refractivity contribution in [3.8, 4) is 0 Å². The van der Waals surface area contributed by atoms with Crippen molar-refractivity contribution in [3.05, 3.63) is 30.2 Å². The fourth-order valence-corrected chi connectivity index (χ4v) is 2.90. The van der Waals surface area contributed by atoms with E-state index < -0.39 is 5.82 Å². The smallest absolute Gasteiger partial charge is 0.224 e. The van der Waals surface area contributed by atoms with E-state index in [0.29, 0.717) is 50.5 Å². The van der Waals surface area contributed by atoms with Crippen LogP contribution in [0.5, 0.6) is 0 Å². The minimum Gasteiger partial charge on any atom is -0.378 e. The van der Waals surface area contributed by atoms with Gasteiger partial charge in [0.15, 0.2) is 11.6 Å². The molecular weight excluding hydrogens is 323 g/mol. The highest BCUT2D eigenvalue weighted by Crippen LogP contribution is 2.18. The van der Waals surface area contributed by atoms with Gasteiger partial charge in [0.1, 0.15) is 5.82 Å². The van der Waals surface area contributed by atoms with Crippen molar-refractivity contribution < 1.29 is 9.13 Å². The van der Waals surface area contributed by atoms with Gasteiger partial charge in [-0.15, -0.1) is 0 Å². The Morgan fingerprint density at radius 3 is 2.84 bits per heavy atom. The van der Waals surface area contributed by atoms with E-state index >= 15 is 0 Å². The van der Waals surface area contributed by atoms with Crippen molar-refractivity contribution in [1.82, 2.24) is 19.5 Å². The lowest BCUT2D eigenvalue weighted by Gasteiger charge is -2.28. The maximum Gasteiger partial charge on any atom is 0.224 e. The lowest BCUT2D eigenvalue weighted by Crippen LogP contribution is -2.37. The zero-order valence-electron chi connectivity index (χ0n) is 14.8. The zero-order valence-corrected chi connectivity index (χ0v) is 14.8. The molecule has 1 N–H and O–H groups in total. The number of anilines is 2. The second-order valence-corrected chi connectivity index (χ2v) is 6.38. The number of aromatic nitrogens is 4. The van der Waals surface area contributed by atoms with Gasteiger partial charge in [-0.3, -0.25) is 0 Å². The largest absolute Gasteiger partial charge is 0.378 e. The fraction of sp³-hybridized carbons (Fsp3) is 0.588. The highest BCUT2D eigenvalue weighted by atomic mass is 19.1. The Morgan fingerprint density at radius 1 is 1.28 bits per heavy atom. The second-order valence-electron chi connectivity index (χ2n) is 6.38. The summed E-state index contributed by atoms with van der Waals surface area (Å²) < 4.78 is 21.5. The Bertz CT molecular complexity index is 684. The molecule has 1 saturated heterocycles. The summed E-state index contributed by atoms with van der Waals surface area (Å²) in [4.78, 5) is 14.7. The molecule has 2 aromatic rings. The topological polar surface area (TPSA) is 68.1 Å². The highest BCUT2D eigenvalue weighted by molar-refractivity contribution is 5.44. The fourth-order valence-electron chi connectivity index (χ4n) is 2.90. The lowest BCUT2D eigenvalue weighted by molar-refractivity contribution is 0.122. The molecule has 0 aromatic carbocycles. The molecule has 0 unspecified atom stereocenters. The first-order chi connectivity index (χ1) is 12.1. The van der Waals surface area contributed by atoms with E-state index in [-0.39, 0.29) is 0 Å². The summed E-state index contributed by atoms with van der Waals surface area (Å²) in [6.07, 6.45) is 5.97. The van der Waals surface area contributed by atoms with Crippen LogP contribution in [0.4, 0.5) is 16.2 Å². The molecule has 0 bridgehead atoms. The number of imidazole rings is 1. The Kier molecular flexibility index (Phi) is 5.80. The van der Waals surface area contributed by atoms with Crippen LogP contribution in [0.2, 0.25) is 0 Å². The Morgan fingerprint density at radius 2 is 2.08 bits per heavy atom. The molecule has 0 spiro atoms. The summed E-state index contributed by atoms with van der Waals surface area (Å²) in [7, 11) is 0. The van der Waals surface area contributed by atoms with Crippen molar-refractivity contribution >= 4 is 11.8 Å². The predicted octanol–water partition coefficient (Wildman–Crippen LogP) is 2.27. The van der Waals surface area contributed by atoms with Crippen LogP contribution in [0.1, 0.15) is 32.0 Å². The molecule has 1 aliphatic rings. The van der Waals surface area contributed by atoms with Gasteiger partial charge in [-0.2, -0.15) is 4.98 Å². The standard InChI is InChI=1S/C17H25FN6O/c1-13(2)15-19-5-7-23(15)6-3-4-20-17-21-12-14(18)16(22-17)24-8-10-25-11-9-24/h5,7,12-13H,3-4,6,8-11H2,1-2H3,(H,20,21,22). The number of morpholine rings is 1. The van der Waals surface area contributed by atoms with Gasteiger partial charge in [-0.1, -0.05) is 13.8 Å². The number of halogens is 1. The van der Waals surface area contributed by atoms with Crippen LogP contribution in [0.15, 0.2) is 18.6 Å². The summed E-state index contributed by atoms with van der Waals surface area (Å²) in [5.41, 5.74) is 0. The molecule has 3 heterocycles. The zero-order chi connectivity index (χ0) is 17.6. The van der Waals surface area contributed by atoms with Gasteiger partial charge >= 0.3 is 0 Å². The third-order valence-electron chi connectivity index (χ3n) is 4.16. The van der Waals surface area contributed by atoms with E-state index in [1.807, 2.05) is 17.3 Å². The third-order valence-corrected chi connectivity index (χ3v) is 4.16. The molecule has 1 fully saturated rings. The van der Waals surface area contributed by atoms with Gasteiger partial charge in [0, 0.05) is 44.5 Å². The molecule has 25 heavy (non-hydrogen) atoms. The SMILES string of the molecule is CC(C)c1nccn1CCCNc1ncc(F)c(N2CCOCC2)n1. The van der Waals surface area contributed by atoms with Crippen LogP contribution in [-0.2, 0) is 11.3 Å². The number of ether oxygens (including phenoxy) is 1. The third kappa shape index (κ3) is 4.45. The first-order valence-electron chi connectivity index (χ1n) is 8.75. The van der Waals surface area contributed by atoms with Gasteiger partial charge in [0.2, 0.25) is 5.95 Å². The normalized spacial score (nSPS) is 15.0. The first-order valence-corrected chi connectivity index (χ1v) is 8.75. The van der Waals surface area contributed by atoms with E-state index in [0.717, 1.165) is 18.8 Å². The van der Waals surface area contributed by atoms with E-state index in [4.69, 9.17) is 4.74 Å². The molecule has 0 saturated carbocycles. The Balaban J connectivity index is 1.53. The van der Waals surface area contributed by atoms with Crippen molar-refractivity contribution in [2.24, 2.45) is 0 Å². The summed E-state index contributed by atoms with van der Waals surface area (Å²) in [5, 5.41) is 3.18. The Hall–Kier alpha value is -2.22. The summed E-state index contributed by atoms with van der Waals surface area (Å²) >= 11 is 0. The quantitative estimate of drug-likeness (QED) is 0.774. The van der Waals surface area contributed by atoms with Crippen LogP contribution in [-0.4, -0.2) is 52.4 Å². The van der Waals surface area contributed by atoms with Crippen molar-refractivity contribution in [2.75, 3.05) is 43.1 Å². The van der Waals surface area contributed by atoms with Crippen LogP contribution >= 0.6 is 0 Å².